The number of amides is 3. The Labute approximate surface area is 292 Å². The number of aryl methyl sites for hydroxylation is 1. The first-order valence-corrected chi connectivity index (χ1v) is 17.0. The van der Waals surface area contributed by atoms with Gasteiger partial charge in [-0.1, -0.05) is 93.6 Å². The Morgan fingerprint density at radius 3 is 1.88 bits per heavy atom. The maximum atomic E-state index is 13.2. The van der Waals surface area contributed by atoms with E-state index in [2.05, 4.69) is 62.4 Å². The molecule has 272 valence electrons. The van der Waals surface area contributed by atoms with Crippen molar-refractivity contribution in [3.05, 3.63) is 84.1 Å². The summed E-state index contributed by atoms with van der Waals surface area (Å²) in [7, 11) is 0. The molecule has 1 heterocycles. The van der Waals surface area contributed by atoms with Gasteiger partial charge in [-0.3, -0.25) is 19.2 Å². The van der Waals surface area contributed by atoms with Crippen molar-refractivity contribution >= 4 is 23.7 Å². The van der Waals surface area contributed by atoms with E-state index in [1.807, 2.05) is 48.5 Å². The number of unbranched alkanes of at least 4 members (excludes halogenated alkanes) is 1. The Morgan fingerprint density at radius 2 is 1.41 bits per heavy atom. The Balaban J connectivity index is 0.000000926. The van der Waals surface area contributed by atoms with Crippen molar-refractivity contribution in [2.45, 2.75) is 83.8 Å². The molecule has 3 amide bonds. The fourth-order valence-electron chi connectivity index (χ4n) is 4.77. The number of carbonyl (C=O) groups excluding carboxylic acids is 3. The lowest BCUT2D eigenvalue weighted by Crippen LogP contribution is -2.59. The number of carboxylic acids is 1. The minimum Gasteiger partial charge on any atom is -0.480 e. The molecule has 3 rings (SSSR count). The van der Waals surface area contributed by atoms with Crippen LogP contribution in [0.5, 0.6) is 0 Å². The summed E-state index contributed by atoms with van der Waals surface area (Å²) >= 11 is 0. The Bertz CT molecular complexity index is 1280. The molecule has 2 aromatic rings. The van der Waals surface area contributed by atoms with Gasteiger partial charge in [0.05, 0.1) is 19.1 Å². The second-order valence-corrected chi connectivity index (χ2v) is 13.0. The lowest BCUT2D eigenvalue weighted by atomic mass is 9.88. The van der Waals surface area contributed by atoms with Crippen LogP contribution in [0, 0.1) is 12.8 Å². The minimum absolute atomic E-state index is 0.135. The van der Waals surface area contributed by atoms with Gasteiger partial charge in [0, 0.05) is 18.8 Å². The van der Waals surface area contributed by atoms with E-state index in [9.17, 15) is 24.3 Å². The third-order valence-electron chi connectivity index (χ3n) is 7.61. The van der Waals surface area contributed by atoms with Gasteiger partial charge in [0.15, 0.2) is 0 Å². The van der Waals surface area contributed by atoms with Crippen LogP contribution >= 0.6 is 0 Å². The highest BCUT2D eigenvalue weighted by Crippen LogP contribution is 2.21. The molecule has 2 aromatic carbocycles. The van der Waals surface area contributed by atoms with Gasteiger partial charge in [-0.05, 0) is 63.5 Å². The van der Waals surface area contributed by atoms with Crippen LogP contribution in [0.3, 0.4) is 0 Å². The van der Waals surface area contributed by atoms with Crippen LogP contribution in [-0.2, 0) is 25.6 Å². The summed E-state index contributed by atoms with van der Waals surface area (Å²) in [6.45, 7) is 13.1. The first kappa shape index (κ1) is 42.8. The highest BCUT2D eigenvalue weighted by Gasteiger charge is 2.40. The van der Waals surface area contributed by atoms with E-state index >= 15 is 0 Å². The lowest BCUT2D eigenvalue weighted by molar-refractivity contribution is -0.148. The van der Waals surface area contributed by atoms with E-state index in [1.54, 1.807) is 4.90 Å². The molecule has 12 nitrogen and oxygen atoms in total. The van der Waals surface area contributed by atoms with Crippen molar-refractivity contribution in [1.82, 2.24) is 20.9 Å². The zero-order valence-corrected chi connectivity index (χ0v) is 29.8. The van der Waals surface area contributed by atoms with Gasteiger partial charge in [-0.2, -0.15) is 0 Å². The first-order chi connectivity index (χ1) is 23.2. The van der Waals surface area contributed by atoms with Gasteiger partial charge in [-0.15, -0.1) is 0 Å². The Morgan fingerprint density at radius 1 is 0.878 bits per heavy atom. The zero-order chi connectivity index (χ0) is 36.8. The summed E-state index contributed by atoms with van der Waals surface area (Å²) in [4.78, 5) is 50.9. The predicted molar refractivity (Wildman–Crippen MR) is 195 cm³/mol. The van der Waals surface area contributed by atoms with Crippen LogP contribution in [0.1, 0.15) is 64.0 Å². The molecule has 0 radical (unpaired) electrons. The molecule has 1 saturated heterocycles. The molecular weight excluding hydrogens is 622 g/mol. The van der Waals surface area contributed by atoms with Crippen molar-refractivity contribution in [3.63, 3.8) is 0 Å². The summed E-state index contributed by atoms with van der Waals surface area (Å²) in [5, 5.41) is 17.9. The average molecular weight is 682 g/mol. The molecule has 1 aliphatic heterocycles. The summed E-state index contributed by atoms with van der Waals surface area (Å²) in [5.41, 5.74) is 18.3. The van der Waals surface area contributed by atoms with Crippen molar-refractivity contribution in [1.29, 1.82) is 0 Å². The highest BCUT2D eigenvalue weighted by atomic mass is 16.4. The SMILES string of the molecule is C=C(NCC(=O)NC(CCCCN)C(=O)N1CCC(N)(C(=O)O)CC1)C(Cc1ccccc1)NC(=O)CN.CC(C)C.Cc1ccccc1. The number of nitrogens with two attached hydrogens (primary N) is 3. The van der Waals surface area contributed by atoms with Crippen molar-refractivity contribution in [2.75, 3.05) is 32.7 Å². The second kappa shape index (κ2) is 23.2. The van der Waals surface area contributed by atoms with Crippen molar-refractivity contribution in [2.24, 2.45) is 23.1 Å². The number of benzene rings is 2. The number of carbonyl (C=O) groups is 4. The average Bonchev–Trinajstić information content (AvgIpc) is 3.07. The fraction of sp³-hybridized carbons (Fsp3) is 0.514. The molecule has 1 fully saturated rings. The number of rotatable bonds is 15. The Kier molecular flexibility index (Phi) is 20.2. The van der Waals surface area contributed by atoms with Crippen LogP contribution in [-0.4, -0.2) is 84.0 Å². The van der Waals surface area contributed by atoms with Gasteiger partial charge in [0.25, 0.3) is 0 Å². The zero-order valence-electron chi connectivity index (χ0n) is 29.8. The third kappa shape index (κ3) is 17.6. The van der Waals surface area contributed by atoms with Crippen LogP contribution < -0.4 is 33.2 Å². The monoisotopic (exact) mass is 681 g/mol. The van der Waals surface area contributed by atoms with Gasteiger partial charge in [-0.25, -0.2) is 0 Å². The second-order valence-electron chi connectivity index (χ2n) is 13.0. The molecule has 10 N–H and O–H groups in total. The molecule has 2 unspecified atom stereocenters. The van der Waals surface area contributed by atoms with Crippen LogP contribution in [0.4, 0.5) is 0 Å². The number of hydrogen-bond acceptors (Lipinski definition) is 8. The summed E-state index contributed by atoms with van der Waals surface area (Å²) in [5.74, 6) is -1.30. The normalized spacial score (nSPS) is 14.5. The molecule has 12 heteroatoms. The molecule has 0 saturated carbocycles. The molecule has 0 aliphatic carbocycles. The summed E-state index contributed by atoms with van der Waals surface area (Å²) < 4.78 is 0. The molecule has 0 aromatic heterocycles. The highest BCUT2D eigenvalue weighted by molar-refractivity contribution is 5.89. The number of hydrogen-bond donors (Lipinski definition) is 7. The number of likely N-dealkylation sites (tertiary alicyclic amines) is 1. The van der Waals surface area contributed by atoms with E-state index < -0.39 is 29.5 Å². The molecular formula is C37H59N7O5. The largest absolute Gasteiger partial charge is 0.480 e. The van der Waals surface area contributed by atoms with Gasteiger partial charge in [0.1, 0.15) is 11.6 Å². The predicted octanol–water partition coefficient (Wildman–Crippen LogP) is 2.45. The molecule has 1 aliphatic rings. The number of carboxylic acid groups (broad SMARTS) is 1. The molecule has 49 heavy (non-hydrogen) atoms. The van der Waals surface area contributed by atoms with Crippen LogP contribution in [0.15, 0.2) is 72.9 Å². The van der Waals surface area contributed by atoms with Crippen molar-refractivity contribution in [3.8, 4) is 0 Å². The summed E-state index contributed by atoms with van der Waals surface area (Å²) in [6, 6.07) is 18.5. The standard InChI is InChI=1S/C26H41N7O5.C7H8.C4H10/c1-18(21(32-22(34)16-28)15-19-7-3-2-4-8-19)30-17-23(35)31-20(9-5-6-12-27)24(36)33-13-10-26(29,11-14-33)25(37)38;1-7-5-3-2-4-6-7;1-4(2)3/h2-4,7-8,20-21,30H,1,5-6,9-17,27-29H2,(H,31,35)(H,32,34)(H,37,38);2-6H,1H3;4H,1-3H3. The lowest BCUT2D eigenvalue weighted by Gasteiger charge is -2.37. The number of aliphatic carboxylic acids is 1. The smallest absolute Gasteiger partial charge is 0.323 e. The topological polar surface area (TPSA) is 206 Å². The number of piperidine rings is 1. The molecule has 2 atom stereocenters. The van der Waals surface area contributed by atoms with E-state index in [0.29, 0.717) is 37.9 Å². The van der Waals surface area contributed by atoms with Gasteiger partial charge >= 0.3 is 5.97 Å². The third-order valence-corrected chi connectivity index (χ3v) is 7.61. The minimum atomic E-state index is -1.35. The maximum absolute atomic E-state index is 13.2. The summed E-state index contributed by atoms with van der Waals surface area (Å²) in [6.07, 6.45) is 2.46. The van der Waals surface area contributed by atoms with E-state index in [-0.39, 0.29) is 50.8 Å². The van der Waals surface area contributed by atoms with Crippen LogP contribution in [0.25, 0.3) is 0 Å². The van der Waals surface area contributed by atoms with E-state index in [4.69, 9.17) is 17.2 Å². The first-order valence-electron chi connectivity index (χ1n) is 17.0. The molecule has 0 spiro atoms. The number of nitrogens with zero attached hydrogens (tertiary/aromatic N) is 1. The van der Waals surface area contributed by atoms with E-state index in [0.717, 1.165) is 11.5 Å². The number of nitrogens with one attached hydrogen (secondary N) is 3. The van der Waals surface area contributed by atoms with Gasteiger partial charge < -0.3 is 43.2 Å². The van der Waals surface area contributed by atoms with Crippen LogP contribution in [0.2, 0.25) is 0 Å². The van der Waals surface area contributed by atoms with Gasteiger partial charge in [0.2, 0.25) is 17.7 Å². The molecule has 0 bridgehead atoms. The maximum Gasteiger partial charge on any atom is 0.323 e. The van der Waals surface area contributed by atoms with Crippen molar-refractivity contribution < 1.29 is 24.3 Å². The Hall–Kier alpha value is -4.26. The fourth-order valence-corrected chi connectivity index (χ4v) is 4.77. The quantitative estimate of drug-likeness (QED) is 0.138. The van der Waals surface area contributed by atoms with E-state index in [1.165, 1.54) is 5.56 Å².